The highest BCUT2D eigenvalue weighted by molar-refractivity contribution is 7.10. The fourth-order valence-corrected chi connectivity index (χ4v) is 2.87. The van der Waals surface area contributed by atoms with Crippen molar-refractivity contribution in [1.82, 2.24) is 10.6 Å². The second-order valence-corrected chi connectivity index (χ2v) is 6.56. The molecule has 0 radical (unpaired) electrons. The average Bonchev–Trinajstić information content (AvgIpc) is 3.08. The first kappa shape index (κ1) is 17.3. The summed E-state index contributed by atoms with van der Waals surface area (Å²) in [5.74, 6) is 1.67. The van der Waals surface area contributed by atoms with E-state index in [0.717, 1.165) is 11.7 Å². The van der Waals surface area contributed by atoms with Gasteiger partial charge in [-0.15, -0.1) is 11.3 Å². The molecule has 1 heterocycles. The van der Waals surface area contributed by atoms with Crippen molar-refractivity contribution in [2.45, 2.75) is 32.9 Å². The highest BCUT2D eigenvalue weighted by Crippen LogP contribution is 2.17. The van der Waals surface area contributed by atoms with Crippen LogP contribution < -0.4 is 15.4 Å². The highest BCUT2D eigenvalue weighted by Gasteiger charge is 2.10. The van der Waals surface area contributed by atoms with Gasteiger partial charge in [-0.25, -0.2) is 0 Å². The second kappa shape index (κ2) is 8.58. The van der Waals surface area contributed by atoms with E-state index in [2.05, 4.69) is 59.1 Å². The lowest BCUT2D eigenvalue weighted by Crippen LogP contribution is -2.42. The Kier molecular flexibility index (Phi) is 6.47. The summed E-state index contributed by atoms with van der Waals surface area (Å²) in [4.78, 5) is 5.56. The van der Waals surface area contributed by atoms with Gasteiger partial charge in [0.05, 0.1) is 12.6 Å². The molecule has 0 saturated heterocycles. The summed E-state index contributed by atoms with van der Waals surface area (Å²) < 4.78 is 5.90. The third kappa shape index (κ3) is 5.60. The number of nitrogens with one attached hydrogen (secondary N) is 2. The van der Waals surface area contributed by atoms with E-state index in [4.69, 9.17) is 4.74 Å². The maximum absolute atomic E-state index is 5.90. The number of aliphatic imine (C=N–C) groups is 1. The van der Waals surface area contributed by atoms with E-state index in [1.54, 1.807) is 18.4 Å². The molecule has 2 aromatic rings. The number of benzene rings is 1. The van der Waals surface area contributed by atoms with Gasteiger partial charge in [-0.2, -0.15) is 0 Å². The molecule has 2 N–H and O–H groups in total. The molecule has 0 fully saturated rings. The van der Waals surface area contributed by atoms with Crippen LogP contribution in [-0.4, -0.2) is 25.7 Å². The Morgan fingerprint density at radius 3 is 2.57 bits per heavy atom. The topological polar surface area (TPSA) is 45.7 Å². The highest BCUT2D eigenvalue weighted by atomic mass is 32.1. The first-order chi connectivity index (χ1) is 11.1. The van der Waals surface area contributed by atoms with E-state index < -0.39 is 0 Å². The Morgan fingerprint density at radius 1 is 1.22 bits per heavy atom. The van der Waals surface area contributed by atoms with Crippen LogP contribution in [0.2, 0.25) is 0 Å². The van der Waals surface area contributed by atoms with Gasteiger partial charge >= 0.3 is 0 Å². The minimum atomic E-state index is 0.0494. The molecule has 23 heavy (non-hydrogen) atoms. The molecule has 0 aliphatic heterocycles. The minimum Gasteiger partial charge on any atom is -0.489 e. The van der Waals surface area contributed by atoms with Crippen molar-refractivity contribution in [3.8, 4) is 5.75 Å². The third-order valence-corrected chi connectivity index (χ3v) is 4.52. The standard InChI is InChI=1S/C18H25N3OS/c1-13-7-9-16(10-8-13)22-14(2)12-20-18(19-4)21-15(3)17-6-5-11-23-17/h5-11,14-15H,12H2,1-4H3,(H2,19,20,21). The van der Waals surface area contributed by atoms with Gasteiger partial charge in [0.2, 0.25) is 0 Å². The molecule has 0 amide bonds. The molecule has 0 spiro atoms. The zero-order valence-electron chi connectivity index (χ0n) is 14.2. The van der Waals surface area contributed by atoms with Gasteiger partial charge in [0.25, 0.3) is 0 Å². The summed E-state index contributed by atoms with van der Waals surface area (Å²) in [6, 6.07) is 12.5. The van der Waals surface area contributed by atoms with Crippen LogP contribution >= 0.6 is 11.3 Å². The van der Waals surface area contributed by atoms with Crippen molar-refractivity contribution in [3.05, 3.63) is 52.2 Å². The zero-order valence-corrected chi connectivity index (χ0v) is 15.0. The fourth-order valence-electron chi connectivity index (χ4n) is 2.14. The van der Waals surface area contributed by atoms with Crippen molar-refractivity contribution in [2.75, 3.05) is 13.6 Å². The molecule has 124 valence electrons. The minimum absolute atomic E-state index is 0.0494. The Bertz CT molecular complexity index is 608. The average molecular weight is 331 g/mol. The molecule has 1 aromatic heterocycles. The number of hydrogen-bond donors (Lipinski definition) is 2. The molecule has 0 bridgehead atoms. The lowest BCUT2D eigenvalue weighted by atomic mass is 10.2. The molecule has 0 aliphatic carbocycles. The second-order valence-electron chi connectivity index (χ2n) is 5.58. The third-order valence-electron chi connectivity index (χ3n) is 3.46. The van der Waals surface area contributed by atoms with Gasteiger partial charge < -0.3 is 15.4 Å². The van der Waals surface area contributed by atoms with E-state index in [1.807, 2.05) is 19.1 Å². The normalized spacial score (nSPS) is 14.2. The molecule has 1 aromatic carbocycles. The number of rotatable bonds is 6. The van der Waals surface area contributed by atoms with Crippen molar-refractivity contribution in [3.63, 3.8) is 0 Å². The number of guanidine groups is 1. The lowest BCUT2D eigenvalue weighted by molar-refractivity contribution is 0.223. The Balaban J connectivity index is 1.79. The van der Waals surface area contributed by atoms with E-state index in [9.17, 15) is 0 Å². The summed E-state index contributed by atoms with van der Waals surface area (Å²) in [7, 11) is 1.78. The van der Waals surface area contributed by atoms with Gasteiger partial charge in [0, 0.05) is 11.9 Å². The summed E-state index contributed by atoms with van der Waals surface area (Å²) in [6.07, 6.45) is 0.0494. The largest absolute Gasteiger partial charge is 0.489 e. The van der Waals surface area contributed by atoms with Crippen LogP contribution in [0.5, 0.6) is 5.75 Å². The number of thiophene rings is 1. The van der Waals surface area contributed by atoms with Gasteiger partial charge in [-0.3, -0.25) is 4.99 Å². The summed E-state index contributed by atoms with van der Waals surface area (Å²) in [5.41, 5.74) is 1.23. The van der Waals surface area contributed by atoms with Gasteiger partial charge in [-0.05, 0) is 44.4 Å². The van der Waals surface area contributed by atoms with Crippen molar-refractivity contribution in [1.29, 1.82) is 0 Å². The van der Waals surface area contributed by atoms with Crippen LogP contribution in [0.1, 0.15) is 30.3 Å². The van der Waals surface area contributed by atoms with Crippen LogP contribution in [0.25, 0.3) is 0 Å². The first-order valence-electron chi connectivity index (χ1n) is 7.82. The van der Waals surface area contributed by atoms with Crippen molar-refractivity contribution >= 4 is 17.3 Å². The smallest absolute Gasteiger partial charge is 0.191 e. The van der Waals surface area contributed by atoms with Crippen LogP contribution in [0.15, 0.2) is 46.8 Å². The van der Waals surface area contributed by atoms with Crippen molar-refractivity contribution < 1.29 is 4.74 Å². The summed E-state index contributed by atoms with van der Waals surface area (Å²) in [6.45, 7) is 6.93. The zero-order chi connectivity index (χ0) is 16.7. The molecule has 2 atom stereocenters. The molecule has 0 aliphatic rings. The van der Waals surface area contributed by atoms with E-state index in [0.29, 0.717) is 6.54 Å². The van der Waals surface area contributed by atoms with Crippen LogP contribution in [-0.2, 0) is 0 Å². The van der Waals surface area contributed by atoms with Crippen molar-refractivity contribution in [2.24, 2.45) is 4.99 Å². The maximum Gasteiger partial charge on any atom is 0.191 e. The predicted molar refractivity (Wildman–Crippen MR) is 98.5 cm³/mol. The SMILES string of the molecule is CN=C(NCC(C)Oc1ccc(C)cc1)NC(C)c1cccs1. The van der Waals surface area contributed by atoms with Gasteiger partial charge in [0.15, 0.2) is 5.96 Å². The lowest BCUT2D eigenvalue weighted by Gasteiger charge is -2.20. The summed E-state index contributed by atoms with van der Waals surface area (Å²) in [5, 5.41) is 8.79. The fraction of sp³-hybridized carbons (Fsp3) is 0.389. The molecule has 4 nitrogen and oxygen atoms in total. The Morgan fingerprint density at radius 2 is 1.96 bits per heavy atom. The molecule has 5 heteroatoms. The molecule has 2 rings (SSSR count). The van der Waals surface area contributed by atoms with Crippen LogP contribution in [0.4, 0.5) is 0 Å². The first-order valence-corrected chi connectivity index (χ1v) is 8.70. The molecule has 2 unspecified atom stereocenters. The van der Waals surface area contributed by atoms with Gasteiger partial charge in [-0.1, -0.05) is 23.8 Å². The molecular formula is C18H25N3OS. The van der Waals surface area contributed by atoms with Gasteiger partial charge in [0.1, 0.15) is 11.9 Å². The van der Waals surface area contributed by atoms with E-state index in [-0.39, 0.29) is 12.1 Å². The van der Waals surface area contributed by atoms with Crippen LogP contribution in [0.3, 0.4) is 0 Å². The molecule has 0 saturated carbocycles. The monoisotopic (exact) mass is 331 g/mol. The predicted octanol–water partition coefficient (Wildman–Crippen LogP) is 3.75. The summed E-state index contributed by atoms with van der Waals surface area (Å²) >= 11 is 1.74. The van der Waals surface area contributed by atoms with E-state index >= 15 is 0 Å². The number of hydrogen-bond acceptors (Lipinski definition) is 3. The maximum atomic E-state index is 5.90. The Hall–Kier alpha value is -2.01. The number of aryl methyl sites for hydroxylation is 1. The quantitative estimate of drug-likeness (QED) is 0.626. The number of nitrogens with zero attached hydrogens (tertiary/aromatic N) is 1. The Labute approximate surface area is 142 Å². The van der Waals surface area contributed by atoms with E-state index in [1.165, 1.54) is 10.4 Å². The molecular weight excluding hydrogens is 306 g/mol. The van der Waals surface area contributed by atoms with Crippen LogP contribution in [0, 0.1) is 6.92 Å². The number of ether oxygens (including phenoxy) is 1.